The second kappa shape index (κ2) is 12.5. The molecule has 1 amide bonds. The Bertz CT molecular complexity index is 1530. The summed E-state index contributed by atoms with van der Waals surface area (Å²) in [6.45, 7) is 1.85. The second-order valence-corrected chi connectivity index (χ2v) is 11.6. The number of rotatable bonds is 7. The van der Waals surface area contributed by atoms with Crippen LogP contribution in [0.4, 0.5) is 5.69 Å². The van der Waals surface area contributed by atoms with Crippen LogP contribution in [0, 0.1) is 5.41 Å². The number of carboxylic acids is 1. The predicted molar refractivity (Wildman–Crippen MR) is 166 cm³/mol. The van der Waals surface area contributed by atoms with Crippen LogP contribution in [0.25, 0.3) is 16.7 Å². The quantitative estimate of drug-likeness (QED) is 0.277. The fourth-order valence-electron chi connectivity index (χ4n) is 5.04. The summed E-state index contributed by atoms with van der Waals surface area (Å²) < 4.78 is 6.16. The number of nitrogens with one attached hydrogen (secondary N) is 2. The van der Waals surface area contributed by atoms with Crippen molar-refractivity contribution in [3.05, 3.63) is 87.0 Å². The summed E-state index contributed by atoms with van der Waals surface area (Å²) in [6.07, 6.45) is 2.82. The molecule has 3 aromatic carbocycles. The van der Waals surface area contributed by atoms with Crippen LogP contribution in [0.2, 0.25) is 10.0 Å². The SMILES string of the molecule is CN/C=C(\C=N)c1cc(Cl)c(C(=O)N2COc3c(cccc3-c3ccc(C(=O)O)c(N4CCSCC4)c3)C2)c(Cl)c1. The average molecular weight is 612 g/mol. The van der Waals surface area contributed by atoms with Gasteiger partial charge < -0.3 is 30.4 Å². The topological polar surface area (TPSA) is 106 Å². The Balaban J connectivity index is 1.44. The van der Waals surface area contributed by atoms with Gasteiger partial charge in [0.2, 0.25) is 0 Å². The molecule has 3 N–H and O–H groups in total. The van der Waals surface area contributed by atoms with Gasteiger partial charge in [0.1, 0.15) is 5.75 Å². The van der Waals surface area contributed by atoms with E-state index in [9.17, 15) is 14.7 Å². The first-order chi connectivity index (χ1) is 19.8. The second-order valence-electron chi connectivity index (χ2n) is 9.55. The Morgan fingerprint density at radius 3 is 2.49 bits per heavy atom. The summed E-state index contributed by atoms with van der Waals surface area (Å²) in [5, 5.41) is 20.7. The molecule has 0 atom stereocenters. The summed E-state index contributed by atoms with van der Waals surface area (Å²) in [7, 11) is 1.72. The van der Waals surface area contributed by atoms with E-state index in [2.05, 4.69) is 10.2 Å². The first-order valence-corrected chi connectivity index (χ1v) is 14.8. The number of para-hydroxylation sites is 1. The highest BCUT2D eigenvalue weighted by molar-refractivity contribution is 7.99. The lowest BCUT2D eigenvalue weighted by Crippen LogP contribution is -2.37. The molecule has 1 saturated heterocycles. The normalized spacial score (nSPS) is 15.1. The number of benzene rings is 3. The van der Waals surface area contributed by atoms with Gasteiger partial charge in [0.25, 0.3) is 5.91 Å². The predicted octanol–water partition coefficient (Wildman–Crippen LogP) is 6.11. The van der Waals surface area contributed by atoms with E-state index in [1.807, 2.05) is 36.0 Å². The third-order valence-electron chi connectivity index (χ3n) is 7.05. The maximum atomic E-state index is 13.5. The van der Waals surface area contributed by atoms with Crippen molar-refractivity contribution in [3.8, 4) is 16.9 Å². The number of halogens is 2. The number of carbonyl (C=O) groups is 2. The Hall–Kier alpha value is -3.66. The fourth-order valence-corrected chi connectivity index (χ4v) is 6.60. The summed E-state index contributed by atoms with van der Waals surface area (Å²) in [5.41, 5.74) is 4.81. The van der Waals surface area contributed by atoms with Crippen molar-refractivity contribution >= 4 is 64.3 Å². The van der Waals surface area contributed by atoms with Crippen LogP contribution in [0.15, 0.2) is 54.7 Å². The van der Waals surface area contributed by atoms with Gasteiger partial charge in [0.15, 0.2) is 6.73 Å². The van der Waals surface area contributed by atoms with Gasteiger partial charge in [-0.25, -0.2) is 4.79 Å². The lowest BCUT2D eigenvalue weighted by atomic mass is 9.97. The highest BCUT2D eigenvalue weighted by Crippen LogP contribution is 2.40. The molecule has 1 fully saturated rings. The van der Waals surface area contributed by atoms with E-state index in [0.717, 1.165) is 41.3 Å². The van der Waals surface area contributed by atoms with Crippen LogP contribution in [0.3, 0.4) is 0 Å². The van der Waals surface area contributed by atoms with Crippen molar-refractivity contribution in [2.24, 2.45) is 0 Å². The number of hydrogen-bond donors (Lipinski definition) is 3. The van der Waals surface area contributed by atoms with Gasteiger partial charge in [-0.2, -0.15) is 11.8 Å². The van der Waals surface area contributed by atoms with E-state index in [1.54, 1.807) is 37.5 Å². The van der Waals surface area contributed by atoms with Gasteiger partial charge in [-0.3, -0.25) is 4.79 Å². The molecule has 8 nitrogen and oxygen atoms in total. The zero-order chi connectivity index (χ0) is 29.1. The molecule has 2 aliphatic rings. The number of nitrogens with zero attached hydrogens (tertiary/aromatic N) is 2. The number of anilines is 1. The minimum absolute atomic E-state index is 0.00786. The van der Waals surface area contributed by atoms with Crippen molar-refractivity contribution in [3.63, 3.8) is 0 Å². The number of hydrogen-bond acceptors (Lipinski definition) is 7. The Morgan fingerprint density at radius 2 is 1.83 bits per heavy atom. The van der Waals surface area contributed by atoms with Gasteiger partial charge in [-0.15, -0.1) is 0 Å². The monoisotopic (exact) mass is 610 g/mol. The molecule has 41 heavy (non-hydrogen) atoms. The van der Waals surface area contributed by atoms with Gasteiger partial charge in [-0.05, 0) is 35.4 Å². The molecule has 0 radical (unpaired) electrons. The van der Waals surface area contributed by atoms with Crippen LogP contribution in [0.5, 0.6) is 5.75 Å². The molecule has 0 aliphatic carbocycles. The number of ether oxygens (including phenoxy) is 1. The summed E-state index contributed by atoms with van der Waals surface area (Å²) in [6, 6.07) is 14.3. The molecule has 0 spiro atoms. The van der Waals surface area contributed by atoms with Gasteiger partial charge in [0, 0.05) is 60.8 Å². The van der Waals surface area contributed by atoms with E-state index in [4.69, 9.17) is 33.3 Å². The van der Waals surface area contributed by atoms with E-state index in [1.165, 1.54) is 11.1 Å². The van der Waals surface area contributed by atoms with E-state index >= 15 is 0 Å². The minimum Gasteiger partial charge on any atom is -0.478 e. The summed E-state index contributed by atoms with van der Waals surface area (Å²) in [5.74, 6) is 1.23. The molecule has 11 heteroatoms. The number of amides is 1. The summed E-state index contributed by atoms with van der Waals surface area (Å²) >= 11 is 14.9. The van der Waals surface area contributed by atoms with Crippen molar-refractivity contribution < 1.29 is 19.4 Å². The van der Waals surface area contributed by atoms with Gasteiger partial charge in [-0.1, -0.05) is 47.5 Å². The largest absolute Gasteiger partial charge is 0.478 e. The Kier molecular flexibility index (Phi) is 8.77. The maximum absolute atomic E-state index is 13.5. The number of carbonyl (C=O) groups excluding carboxylic acids is 1. The number of aromatic carboxylic acids is 1. The van der Waals surface area contributed by atoms with E-state index in [-0.39, 0.29) is 40.4 Å². The first kappa shape index (κ1) is 28.9. The van der Waals surface area contributed by atoms with Gasteiger partial charge >= 0.3 is 5.97 Å². The van der Waals surface area contributed by atoms with Crippen molar-refractivity contribution in [2.45, 2.75) is 6.54 Å². The smallest absolute Gasteiger partial charge is 0.337 e. The van der Waals surface area contributed by atoms with Crippen LogP contribution < -0.4 is 15.0 Å². The molecule has 0 aromatic heterocycles. The number of allylic oxidation sites excluding steroid dienone is 1. The zero-order valence-electron chi connectivity index (χ0n) is 22.2. The molecule has 0 saturated carbocycles. The average Bonchev–Trinajstić information content (AvgIpc) is 2.98. The van der Waals surface area contributed by atoms with E-state index in [0.29, 0.717) is 22.6 Å². The van der Waals surface area contributed by atoms with E-state index < -0.39 is 5.97 Å². The van der Waals surface area contributed by atoms with Crippen molar-refractivity contribution in [2.75, 3.05) is 43.3 Å². The molecule has 2 aliphatic heterocycles. The fraction of sp³-hybridized carbons (Fsp3) is 0.233. The highest BCUT2D eigenvalue weighted by atomic mass is 35.5. The summed E-state index contributed by atoms with van der Waals surface area (Å²) in [4.78, 5) is 29.2. The molecule has 5 rings (SSSR count). The van der Waals surface area contributed by atoms with Crippen molar-refractivity contribution in [1.82, 2.24) is 10.2 Å². The van der Waals surface area contributed by atoms with Gasteiger partial charge in [0.05, 0.1) is 33.4 Å². The molecule has 0 unspecified atom stereocenters. The molecular formula is C30H28Cl2N4O4S. The number of fused-ring (bicyclic) bond motifs is 1. The Labute approximate surface area is 252 Å². The van der Waals surface area contributed by atoms with Crippen LogP contribution >= 0.6 is 35.0 Å². The third-order valence-corrected chi connectivity index (χ3v) is 8.58. The minimum atomic E-state index is -0.956. The lowest BCUT2D eigenvalue weighted by molar-refractivity contribution is 0.0516. The number of thioether (sulfide) groups is 1. The standard InChI is InChI=1S/C30H28Cl2N4O4S/c1-34-15-21(14-33)20-11-24(31)27(25(32)12-20)29(37)36-16-19-3-2-4-22(28(19)40-17-36)18-5-6-23(30(38)39)26(13-18)35-7-9-41-10-8-35/h2-6,11-15,33-34H,7-10,16-17H2,1H3,(H,38,39)/b21-15+,33-14?. The van der Waals surface area contributed by atoms with Crippen LogP contribution in [-0.2, 0) is 6.54 Å². The Morgan fingerprint density at radius 1 is 1.10 bits per heavy atom. The number of carboxylic acid groups (broad SMARTS) is 1. The molecule has 2 heterocycles. The molecule has 0 bridgehead atoms. The van der Waals surface area contributed by atoms with Crippen LogP contribution in [0.1, 0.15) is 31.8 Å². The highest BCUT2D eigenvalue weighted by Gasteiger charge is 2.29. The molecule has 3 aromatic rings. The lowest BCUT2D eigenvalue weighted by Gasteiger charge is -2.32. The molecular weight excluding hydrogens is 583 g/mol. The maximum Gasteiger partial charge on any atom is 0.337 e. The third kappa shape index (κ3) is 5.88. The van der Waals surface area contributed by atoms with Crippen molar-refractivity contribution in [1.29, 1.82) is 5.41 Å². The molecule has 212 valence electrons. The van der Waals surface area contributed by atoms with Crippen LogP contribution in [-0.4, -0.2) is 66.5 Å². The zero-order valence-corrected chi connectivity index (χ0v) is 24.6. The first-order valence-electron chi connectivity index (χ1n) is 12.9.